The van der Waals surface area contributed by atoms with Gasteiger partial charge in [0.1, 0.15) is 0 Å². The zero-order valence-electron chi connectivity index (χ0n) is 4.14. The molecule has 0 amide bonds. The van der Waals surface area contributed by atoms with Crippen molar-refractivity contribution in [1.82, 2.24) is 0 Å². The number of hydrogen-bond donors (Lipinski definition) is 2. The van der Waals surface area contributed by atoms with Gasteiger partial charge < -0.3 is 10.8 Å². The first-order chi connectivity index (χ1) is 2.41. The van der Waals surface area contributed by atoms with E-state index in [4.69, 9.17) is 5.11 Å². The number of aliphatic hydroxyl groups excluding tert-OH is 1. The van der Waals surface area contributed by atoms with Crippen molar-refractivity contribution in [1.29, 1.82) is 0 Å². The average Bonchev–Trinajstić information content (AvgIpc) is 1.46. The van der Waals surface area contributed by atoms with Gasteiger partial charge in [-0.15, -0.1) is 12.4 Å². The second-order valence-corrected chi connectivity index (χ2v) is 0.316. The first kappa shape index (κ1) is 16.4. The summed E-state index contributed by atoms with van der Waals surface area (Å²) in [5.74, 6) is 0. The number of hydrogen-bond acceptors (Lipinski definition) is 2. The molecule has 3 N–H and O–H groups in total. The van der Waals surface area contributed by atoms with E-state index in [2.05, 4.69) is 5.73 Å². The van der Waals surface area contributed by atoms with Crippen LogP contribution in [0.15, 0.2) is 0 Å². The Bertz CT molecular complexity index is 10.8. The number of aliphatic hydroxyl groups is 1. The van der Waals surface area contributed by atoms with Crippen molar-refractivity contribution in [2.75, 3.05) is 13.7 Å². The summed E-state index contributed by atoms with van der Waals surface area (Å²) in [6, 6.07) is 0. The van der Waals surface area contributed by atoms with E-state index >= 15 is 0 Å². The molecule has 0 radical (unpaired) electrons. The van der Waals surface area contributed by atoms with Gasteiger partial charge in [-0.2, -0.15) is 0 Å². The van der Waals surface area contributed by atoms with Crippen LogP contribution in [0.1, 0.15) is 6.92 Å². The lowest BCUT2D eigenvalue weighted by molar-refractivity contribution is 0.318. The van der Waals surface area contributed by atoms with Gasteiger partial charge in [-0.3, -0.25) is 0 Å². The largest absolute Gasteiger partial charge is 0.397 e. The van der Waals surface area contributed by atoms with Crippen molar-refractivity contribution in [3.8, 4) is 0 Å². The van der Waals surface area contributed by atoms with Gasteiger partial charge in [0.2, 0.25) is 0 Å². The summed E-state index contributed by atoms with van der Waals surface area (Å²) in [6.45, 7) is 1.93. The third-order valence-electron chi connectivity index (χ3n) is 0. The van der Waals surface area contributed by atoms with E-state index in [1.54, 1.807) is 6.92 Å². The molecular formula is C3H12ClNO. The molecule has 3 heteroatoms. The van der Waals surface area contributed by atoms with Gasteiger partial charge in [-0.25, -0.2) is 0 Å². The predicted molar refractivity (Wildman–Crippen MR) is 30.1 cm³/mol. The fraction of sp³-hybridized carbons (Fsp3) is 1.00. The van der Waals surface area contributed by atoms with Crippen LogP contribution in [-0.2, 0) is 0 Å². The van der Waals surface area contributed by atoms with E-state index in [1.807, 2.05) is 0 Å². The van der Waals surface area contributed by atoms with E-state index < -0.39 is 0 Å². The molecule has 2 nitrogen and oxygen atoms in total. The number of halogens is 1. The maximum Gasteiger partial charge on any atom is 0.0402 e. The maximum atomic E-state index is 7.57. The van der Waals surface area contributed by atoms with Gasteiger partial charge in [-0.1, -0.05) is 0 Å². The van der Waals surface area contributed by atoms with Crippen LogP contribution < -0.4 is 5.73 Å². The third-order valence-corrected chi connectivity index (χ3v) is 0. The van der Waals surface area contributed by atoms with Crippen molar-refractivity contribution >= 4 is 12.4 Å². The topological polar surface area (TPSA) is 46.2 Å². The highest BCUT2D eigenvalue weighted by atomic mass is 35.5. The lowest BCUT2D eigenvalue weighted by Gasteiger charge is -1.52. The Balaban J connectivity index is -0.0000000275. The van der Waals surface area contributed by atoms with E-state index in [0.717, 1.165) is 0 Å². The predicted octanol–water partition coefficient (Wildman–Crippen LogP) is -0.00470. The number of rotatable bonds is 0. The molecular weight excluding hydrogens is 101 g/mol. The first-order valence-corrected chi connectivity index (χ1v) is 1.60. The van der Waals surface area contributed by atoms with E-state index in [9.17, 15) is 0 Å². The maximum absolute atomic E-state index is 7.57. The standard InChI is InChI=1S/C2H6O.CH5N.ClH/c1-2-3;1-2;/h3H,2H2,1H3;2H2,1H3;1H. The highest BCUT2D eigenvalue weighted by molar-refractivity contribution is 5.85. The molecule has 0 spiro atoms. The van der Waals surface area contributed by atoms with Crippen LogP contribution in [0.2, 0.25) is 0 Å². The van der Waals surface area contributed by atoms with Crippen molar-refractivity contribution < 1.29 is 5.11 Å². The van der Waals surface area contributed by atoms with E-state index in [-0.39, 0.29) is 19.0 Å². The molecule has 0 fully saturated rings. The minimum absolute atomic E-state index is 0. The van der Waals surface area contributed by atoms with Gasteiger partial charge in [0, 0.05) is 6.61 Å². The van der Waals surface area contributed by atoms with Gasteiger partial charge in [0.05, 0.1) is 0 Å². The zero-order chi connectivity index (χ0) is 4.71. The fourth-order valence-electron chi connectivity index (χ4n) is 0. The first-order valence-electron chi connectivity index (χ1n) is 1.60. The molecule has 42 valence electrons. The average molecular weight is 114 g/mol. The molecule has 0 aromatic carbocycles. The molecule has 0 aliphatic heterocycles. The Labute approximate surface area is 44.8 Å². The van der Waals surface area contributed by atoms with Crippen molar-refractivity contribution in [2.45, 2.75) is 6.92 Å². The van der Waals surface area contributed by atoms with Crippen LogP contribution >= 0.6 is 12.4 Å². The molecule has 0 aliphatic rings. The normalized spacial score (nSPS) is 4.00. The Morgan fingerprint density at radius 2 is 1.50 bits per heavy atom. The molecule has 0 aromatic rings. The lowest BCUT2D eigenvalue weighted by atomic mass is 10.9. The second kappa shape index (κ2) is 63.1. The van der Waals surface area contributed by atoms with Crippen molar-refractivity contribution in [3.05, 3.63) is 0 Å². The van der Waals surface area contributed by atoms with E-state index in [0.29, 0.717) is 0 Å². The van der Waals surface area contributed by atoms with Crippen LogP contribution in [0.25, 0.3) is 0 Å². The Hall–Kier alpha value is 0.210. The van der Waals surface area contributed by atoms with Crippen LogP contribution in [0.4, 0.5) is 0 Å². The summed E-state index contributed by atoms with van der Waals surface area (Å²) in [5, 5.41) is 7.57. The summed E-state index contributed by atoms with van der Waals surface area (Å²) in [7, 11) is 1.50. The minimum atomic E-state index is 0. The number of nitrogens with two attached hydrogens (primary N) is 1. The SMILES string of the molecule is CCO.CN.Cl. The Morgan fingerprint density at radius 3 is 1.50 bits per heavy atom. The van der Waals surface area contributed by atoms with Crippen LogP contribution in [0, 0.1) is 0 Å². The molecule has 6 heavy (non-hydrogen) atoms. The molecule has 0 heterocycles. The summed E-state index contributed by atoms with van der Waals surface area (Å²) in [4.78, 5) is 0. The molecule has 0 bridgehead atoms. The molecule has 0 aliphatic carbocycles. The molecule has 0 rings (SSSR count). The lowest BCUT2D eigenvalue weighted by Crippen LogP contribution is -1.69. The zero-order valence-corrected chi connectivity index (χ0v) is 4.96. The summed E-state index contributed by atoms with van der Waals surface area (Å²) in [6.07, 6.45) is 0. The third kappa shape index (κ3) is 984. The highest BCUT2D eigenvalue weighted by Crippen LogP contribution is 1.30. The van der Waals surface area contributed by atoms with Gasteiger partial charge in [0.15, 0.2) is 0 Å². The van der Waals surface area contributed by atoms with Crippen LogP contribution in [-0.4, -0.2) is 18.8 Å². The smallest absolute Gasteiger partial charge is 0.0402 e. The Morgan fingerprint density at radius 1 is 1.50 bits per heavy atom. The monoisotopic (exact) mass is 113 g/mol. The summed E-state index contributed by atoms with van der Waals surface area (Å²) in [5.41, 5.74) is 4.50. The molecule has 0 saturated heterocycles. The van der Waals surface area contributed by atoms with E-state index in [1.165, 1.54) is 7.05 Å². The van der Waals surface area contributed by atoms with Gasteiger partial charge in [0.25, 0.3) is 0 Å². The fourth-order valence-corrected chi connectivity index (χ4v) is 0. The summed E-state index contributed by atoms with van der Waals surface area (Å²) < 4.78 is 0. The van der Waals surface area contributed by atoms with Crippen molar-refractivity contribution in [3.63, 3.8) is 0 Å². The van der Waals surface area contributed by atoms with Crippen molar-refractivity contribution in [2.24, 2.45) is 5.73 Å². The molecule has 0 unspecified atom stereocenters. The Kier molecular flexibility index (Phi) is 172. The highest BCUT2D eigenvalue weighted by Gasteiger charge is 1.34. The van der Waals surface area contributed by atoms with Gasteiger partial charge in [-0.05, 0) is 14.0 Å². The second-order valence-electron chi connectivity index (χ2n) is 0.316. The quantitative estimate of drug-likeness (QED) is 0.465. The summed E-state index contributed by atoms with van der Waals surface area (Å²) >= 11 is 0. The molecule has 0 aromatic heterocycles. The molecule has 0 saturated carbocycles. The van der Waals surface area contributed by atoms with Crippen LogP contribution in [0.3, 0.4) is 0 Å². The van der Waals surface area contributed by atoms with Crippen LogP contribution in [0.5, 0.6) is 0 Å². The van der Waals surface area contributed by atoms with Gasteiger partial charge >= 0.3 is 0 Å². The molecule has 0 atom stereocenters. The minimum Gasteiger partial charge on any atom is -0.397 e.